The second-order valence-corrected chi connectivity index (χ2v) is 8.28. The van der Waals surface area contributed by atoms with E-state index in [1.165, 1.54) is 0 Å². The maximum absolute atomic E-state index is 5.40. The van der Waals surface area contributed by atoms with Crippen molar-refractivity contribution in [2.45, 2.75) is 19.0 Å². The molecule has 2 aromatic rings. The molecule has 23 heavy (non-hydrogen) atoms. The average molecular weight is 335 g/mol. The number of hydrogen-bond donors (Lipinski definition) is 2. The van der Waals surface area contributed by atoms with Crippen LogP contribution in [-0.2, 0) is 19.8 Å². The van der Waals surface area contributed by atoms with E-state index in [-0.39, 0.29) is 0 Å². The van der Waals surface area contributed by atoms with Gasteiger partial charge >= 0.3 is 8.80 Å². The molecule has 0 aliphatic rings. The second kappa shape index (κ2) is 8.95. The van der Waals surface area contributed by atoms with E-state index in [1.807, 2.05) is 24.4 Å². The zero-order valence-electron chi connectivity index (χ0n) is 14.0. The summed E-state index contributed by atoms with van der Waals surface area (Å²) in [6, 6.07) is 11.0. The molecule has 7 heteroatoms. The Morgan fingerprint density at radius 3 is 2.43 bits per heavy atom. The van der Waals surface area contributed by atoms with E-state index in [0.717, 1.165) is 36.1 Å². The third kappa shape index (κ3) is 4.98. The van der Waals surface area contributed by atoms with Gasteiger partial charge in [-0.2, -0.15) is 0 Å². The highest BCUT2D eigenvalue weighted by Gasteiger charge is 2.36. The molecule has 2 rings (SSSR count). The quantitative estimate of drug-likeness (QED) is 0.515. The summed E-state index contributed by atoms with van der Waals surface area (Å²) in [6.45, 7) is 1.56. The molecule has 0 aliphatic carbocycles. The number of nitrogens with zero attached hydrogens (tertiary/aromatic N) is 1. The lowest BCUT2D eigenvalue weighted by Crippen LogP contribution is -2.43. The van der Waals surface area contributed by atoms with Crippen molar-refractivity contribution in [1.82, 2.24) is 15.3 Å². The lowest BCUT2D eigenvalue weighted by atomic mass is 10.2. The van der Waals surface area contributed by atoms with Crippen LogP contribution in [0.3, 0.4) is 0 Å². The van der Waals surface area contributed by atoms with Crippen LogP contribution < -0.4 is 5.32 Å². The number of H-pyrrole nitrogens is 1. The topological polar surface area (TPSA) is 68.4 Å². The Hall–Kier alpha value is -1.51. The minimum atomic E-state index is -2.45. The van der Waals surface area contributed by atoms with Crippen LogP contribution in [0.1, 0.15) is 12.2 Å². The number of rotatable bonds is 10. The van der Waals surface area contributed by atoms with Gasteiger partial charge < -0.3 is 23.6 Å². The summed E-state index contributed by atoms with van der Waals surface area (Å²) in [4.78, 5) is 7.74. The van der Waals surface area contributed by atoms with Gasteiger partial charge in [0.15, 0.2) is 0 Å². The molecule has 0 spiro atoms. The van der Waals surface area contributed by atoms with Gasteiger partial charge in [-0.05, 0) is 18.5 Å². The second-order valence-electron chi connectivity index (χ2n) is 5.19. The molecule has 1 aromatic carbocycles. The fourth-order valence-corrected chi connectivity index (χ4v) is 4.13. The first-order valence-corrected chi connectivity index (χ1v) is 9.61. The predicted molar refractivity (Wildman–Crippen MR) is 91.9 cm³/mol. The maximum Gasteiger partial charge on any atom is 0.500 e. The Kier molecular flexibility index (Phi) is 6.94. The maximum atomic E-state index is 5.40. The number of aromatic nitrogens is 2. The van der Waals surface area contributed by atoms with Crippen molar-refractivity contribution in [2.75, 3.05) is 27.9 Å². The molecule has 0 fully saturated rings. The standard InChI is InChI=1S/C16H25N3O3Si/c1-20-23(21-2,22-3)11-7-10-17-13-16-18-12-15(19-16)14-8-5-4-6-9-14/h4-6,8-9,12,17H,7,10-11,13H2,1-3H3,(H,18,19). The van der Waals surface area contributed by atoms with Crippen molar-refractivity contribution >= 4 is 8.80 Å². The lowest BCUT2D eigenvalue weighted by Gasteiger charge is -2.24. The Morgan fingerprint density at radius 2 is 1.78 bits per heavy atom. The Balaban J connectivity index is 1.74. The lowest BCUT2D eigenvalue weighted by molar-refractivity contribution is 0.123. The molecule has 1 heterocycles. The van der Waals surface area contributed by atoms with Gasteiger partial charge in [-0.15, -0.1) is 0 Å². The van der Waals surface area contributed by atoms with Gasteiger partial charge in [0.2, 0.25) is 0 Å². The Labute approximate surface area is 138 Å². The Morgan fingerprint density at radius 1 is 1.09 bits per heavy atom. The molecule has 0 radical (unpaired) electrons. The first-order chi connectivity index (χ1) is 11.2. The zero-order valence-corrected chi connectivity index (χ0v) is 15.0. The van der Waals surface area contributed by atoms with Gasteiger partial charge in [0, 0.05) is 27.4 Å². The van der Waals surface area contributed by atoms with Crippen LogP contribution in [-0.4, -0.2) is 46.6 Å². The van der Waals surface area contributed by atoms with Crippen molar-refractivity contribution in [3.05, 3.63) is 42.4 Å². The summed E-state index contributed by atoms with van der Waals surface area (Å²) in [5, 5.41) is 3.37. The summed E-state index contributed by atoms with van der Waals surface area (Å²) in [7, 11) is 2.47. The minimum Gasteiger partial charge on any atom is -0.377 e. The number of aromatic amines is 1. The summed E-state index contributed by atoms with van der Waals surface area (Å²) in [5.41, 5.74) is 2.18. The third-order valence-electron chi connectivity index (χ3n) is 3.78. The molecule has 0 bridgehead atoms. The van der Waals surface area contributed by atoms with E-state index in [9.17, 15) is 0 Å². The van der Waals surface area contributed by atoms with Crippen molar-refractivity contribution < 1.29 is 13.3 Å². The number of imidazole rings is 1. The monoisotopic (exact) mass is 335 g/mol. The number of nitrogens with one attached hydrogen (secondary N) is 2. The van der Waals surface area contributed by atoms with E-state index in [2.05, 4.69) is 27.4 Å². The molecule has 0 saturated heterocycles. The fraction of sp³-hybridized carbons (Fsp3) is 0.438. The highest BCUT2D eigenvalue weighted by Crippen LogP contribution is 2.16. The number of benzene rings is 1. The average Bonchev–Trinajstić information content (AvgIpc) is 3.08. The highest BCUT2D eigenvalue weighted by atomic mass is 28.4. The first kappa shape index (κ1) is 17.8. The van der Waals surface area contributed by atoms with Crippen molar-refractivity contribution in [3.8, 4) is 11.3 Å². The smallest absolute Gasteiger partial charge is 0.377 e. The molecule has 6 nitrogen and oxygen atoms in total. The normalized spacial score (nSPS) is 11.8. The summed E-state index contributed by atoms with van der Waals surface area (Å²) >= 11 is 0. The summed E-state index contributed by atoms with van der Waals surface area (Å²) < 4.78 is 16.2. The van der Waals surface area contributed by atoms with Gasteiger partial charge in [0.1, 0.15) is 5.82 Å². The van der Waals surface area contributed by atoms with Gasteiger partial charge in [0.05, 0.1) is 18.4 Å². The van der Waals surface area contributed by atoms with Crippen molar-refractivity contribution in [2.24, 2.45) is 0 Å². The molecule has 126 valence electrons. The molecular weight excluding hydrogens is 310 g/mol. The molecule has 0 aliphatic heterocycles. The summed E-state index contributed by atoms with van der Waals surface area (Å²) in [5.74, 6) is 0.928. The van der Waals surface area contributed by atoms with Crippen LogP contribution in [0.5, 0.6) is 0 Å². The minimum absolute atomic E-state index is 0.703. The fourth-order valence-electron chi connectivity index (χ4n) is 2.41. The molecular formula is C16H25N3O3Si. The van der Waals surface area contributed by atoms with Crippen molar-refractivity contribution in [1.29, 1.82) is 0 Å². The SMILES string of the molecule is CO[Si](CCCNCc1ncc(-c2ccccc2)[nH]1)(OC)OC. The van der Waals surface area contributed by atoms with Crippen LogP contribution >= 0.6 is 0 Å². The molecule has 1 aromatic heterocycles. The first-order valence-electron chi connectivity index (χ1n) is 7.68. The highest BCUT2D eigenvalue weighted by molar-refractivity contribution is 6.60. The van der Waals surface area contributed by atoms with Gasteiger partial charge in [0.25, 0.3) is 0 Å². The van der Waals surface area contributed by atoms with Crippen LogP contribution in [0.2, 0.25) is 6.04 Å². The van der Waals surface area contributed by atoms with E-state index in [1.54, 1.807) is 21.3 Å². The van der Waals surface area contributed by atoms with E-state index < -0.39 is 8.80 Å². The Bertz CT molecular complexity index is 565. The van der Waals surface area contributed by atoms with E-state index >= 15 is 0 Å². The molecule has 0 saturated carbocycles. The van der Waals surface area contributed by atoms with Crippen LogP contribution in [0, 0.1) is 0 Å². The van der Waals surface area contributed by atoms with Crippen LogP contribution in [0.25, 0.3) is 11.3 Å². The van der Waals surface area contributed by atoms with Crippen molar-refractivity contribution in [3.63, 3.8) is 0 Å². The van der Waals surface area contributed by atoms with E-state index in [4.69, 9.17) is 13.3 Å². The molecule has 2 N–H and O–H groups in total. The van der Waals surface area contributed by atoms with Gasteiger partial charge in [-0.3, -0.25) is 0 Å². The van der Waals surface area contributed by atoms with Crippen LogP contribution in [0.15, 0.2) is 36.5 Å². The van der Waals surface area contributed by atoms with Crippen LogP contribution in [0.4, 0.5) is 0 Å². The van der Waals surface area contributed by atoms with Gasteiger partial charge in [-0.1, -0.05) is 30.3 Å². The van der Waals surface area contributed by atoms with E-state index in [0.29, 0.717) is 6.54 Å². The molecule has 0 atom stereocenters. The largest absolute Gasteiger partial charge is 0.500 e. The third-order valence-corrected chi connectivity index (χ3v) is 6.61. The number of hydrogen-bond acceptors (Lipinski definition) is 5. The zero-order chi connectivity index (χ0) is 16.5. The molecule has 0 amide bonds. The van der Waals surface area contributed by atoms with Gasteiger partial charge in [-0.25, -0.2) is 4.98 Å². The predicted octanol–water partition coefficient (Wildman–Crippen LogP) is 2.43. The summed E-state index contributed by atoms with van der Waals surface area (Å²) in [6.07, 6.45) is 2.79. The molecule has 0 unspecified atom stereocenters.